The van der Waals surface area contributed by atoms with Crippen molar-refractivity contribution >= 4 is 17.7 Å². The van der Waals surface area contributed by atoms with Gasteiger partial charge in [0.05, 0.1) is 17.2 Å². The maximum atomic E-state index is 13.6. The second-order valence-corrected chi connectivity index (χ2v) is 10.5. The molecule has 1 heterocycles. The Hall–Kier alpha value is -3.51. The SMILES string of the molecule is CN(C(=O)N(C)[C@@H]1CN(C(=O)NC(C)(C)C)C[C@H]1c1ccc(F)cc1)c1cc(C(F)(F)F)cc(C(F)(F)F)c1. The van der Waals surface area contributed by atoms with Crippen molar-refractivity contribution in [1.29, 1.82) is 0 Å². The highest BCUT2D eigenvalue weighted by Crippen LogP contribution is 2.39. The molecule has 1 aliphatic rings. The number of carbonyl (C=O) groups is 2. The Morgan fingerprint density at radius 3 is 1.85 bits per heavy atom. The molecular formula is C26H29F7N4O2. The highest BCUT2D eigenvalue weighted by Gasteiger charge is 2.42. The number of alkyl halides is 6. The van der Waals surface area contributed by atoms with Crippen molar-refractivity contribution in [3.8, 4) is 0 Å². The lowest BCUT2D eigenvalue weighted by Crippen LogP contribution is -2.50. The summed E-state index contributed by atoms with van der Waals surface area (Å²) >= 11 is 0. The van der Waals surface area contributed by atoms with Crippen LogP contribution in [-0.4, -0.2) is 60.6 Å². The smallest absolute Gasteiger partial charge is 0.333 e. The molecule has 6 nitrogen and oxygen atoms in total. The number of likely N-dealkylation sites (tertiary alicyclic amines) is 1. The van der Waals surface area contributed by atoms with Crippen molar-refractivity contribution in [2.45, 2.75) is 50.6 Å². The molecule has 0 bridgehead atoms. The quantitative estimate of drug-likeness (QED) is 0.445. The number of nitrogens with one attached hydrogen (secondary N) is 1. The first-order chi connectivity index (χ1) is 17.8. The second-order valence-electron chi connectivity index (χ2n) is 10.5. The Morgan fingerprint density at radius 1 is 0.872 bits per heavy atom. The van der Waals surface area contributed by atoms with Crippen LogP contribution < -0.4 is 10.2 Å². The van der Waals surface area contributed by atoms with Crippen LogP contribution >= 0.6 is 0 Å². The number of amides is 4. The average molecular weight is 563 g/mol. The van der Waals surface area contributed by atoms with Crippen molar-refractivity contribution < 1.29 is 40.3 Å². The number of hydrogen-bond donors (Lipinski definition) is 1. The average Bonchev–Trinajstić information content (AvgIpc) is 3.26. The third kappa shape index (κ3) is 7.12. The Bertz CT molecular complexity index is 1170. The van der Waals surface area contributed by atoms with Crippen molar-refractivity contribution in [2.75, 3.05) is 32.1 Å². The Balaban J connectivity index is 1.95. The number of hydrogen-bond acceptors (Lipinski definition) is 2. The maximum Gasteiger partial charge on any atom is 0.416 e. The Kier molecular flexibility index (Phi) is 8.14. The topological polar surface area (TPSA) is 55.9 Å². The summed E-state index contributed by atoms with van der Waals surface area (Å²) in [7, 11) is 2.42. The van der Waals surface area contributed by atoms with Gasteiger partial charge in [0, 0.05) is 44.3 Å². The van der Waals surface area contributed by atoms with Crippen LogP contribution in [0.4, 0.5) is 46.0 Å². The van der Waals surface area contributed by atoms with Gasteiger partial charge in [-0.2, -0.15) is 26.3 Å². The zero-order chi connectivity index (χ0) is 29.5. The van der Waals surface area contributed by atoms with Gasteiger partial charge in [0.2, 0.25) is 0 Å². The zero-order valence-electron chi connectivity index (χ0n) is 21.9. The maximum absolute atomic E-state index is 13.6. The number of benzene rings is 2. The summed E-state index contributed by atoms with van der Waals surface area (Å²) in [6.45, 7) is 5.51. The van der Waals surface area contributed by atoms with Crippen LogP contribution in [0.5, 0.6) is 0 Å². The molecule has 0 aliphatic carbocycles. The molecule has 2 aromatic rings. The summed E-state index contributed by atoms with van der Waals surface area (Å²) in [5, 5.41) is 2.82. The molecule has 1 N–H and O–H groups in total. The van der Waals surface area contributed by atoms with E-state index in [9.17, 15) is 40.3 Å². The van der Waals surface area contributed by atoms with Gasteiger partial charge in [-0.1, -0.05) is 12.1 Å². The van der Waals surface area contributed by atoms with Crippen molar-refractivity contribution in [3.63, 3.8) is 0 Å². The Labute approximate surface area is 221 Å². The van der Waals surface area contributed by atoms with Gasteiger partial charge in [-0.3, -0.25) is 4.90 Å². The number of urea groups is 2. The summed E-state index contributed by atoms with van der Waals surface area (Å²) in [6.07, 6.45) is -10.2. The van der Waals surface area contributed by atoms with Crippen molar-refractivity contribution in [1.82, 2.24) is 15.1 Å². The fourth-order valence-corrected chi connectivity index (χ4v) is 4.40. The minimum absolute atomic E-state index is 0.0151. The van der Waals surface area contributed by atoms with E-state index >= 15 is 0 Å². The summed E-state index contributed by atoms with van der Waals surface area (Å²) in [6, 6.07) is 4.34. The van der Waals surface area contributed by atoms with Crippen LogP contribution in [0.1, 0.15) is 43.4 Å². The normalized spacial score (nSPS) is 18.2. The first kappa shape index (κ1) is 30.0. The van der Waals surface area contributed by atoms with E-state index in [1.807, 2.05) is 0 Å². The van der Waals surface area contributed by atoms with Gasteiger partial charge in [0.15, 0.2) is 0 Å². The van der Waals surface area contributed by atoms with E-state index in [4.69, 9.17) is 0 Å². The molecule has 4 amide bonds. The van der Waals surface area contributed by atoms with E-state index in [0.29, 0.717) is 22.6 Å². The van der Waals surface area contributed by atoms with Crippen LogP contribution in [0.15, 0.2) is 42.5 Å². The van der Waals surface area contributed by atoms with Crippen LogP contribution in [0, 0.1) is 5.82 Å². The lowest BCUT2D eigenvalue weighted by Gasteiger charge is -2.33. The molecule has 39 heavy (non-hydrogen) atoms. The van der Waals surface area contributed by atoms with Gasteiger partial charge in [0.25, 0.3) is 0 Å². The van der Waals surface area contributed by atoms with E-state index in [-0.39, 0.29) is 19.2 Å². The fourth-order valence-electron chi connectivity index (χ4n) is 4.40. The van der Waals surface area contributed by atoms with Gasteiger partial charge < -0.3 is 15.1 Å². The van der Waals surface area contributed by atoms with Gasteiger partial charge in [-0.05, 0) is 56.7 Å². The summed E-state index contributed by atoms with van der Waals surface area (Å²) < 4.78 is 93.7. The molecule has 1 fully saturated rings. The third-order valence-corrected chi connectivity index (χ3v) is 6.40. The standard InChI is InChI=1S/C26H29F7N4O2/c1-24(2,3)34-22(38)37-13-20(15-6-8-18(27)9-7-15)21(14-37)36(5)23(39)35(4)19-11-16(25(28,29)30)10-17(12-19)26(31,32)33/h6-12,20-21H,13-14H2,1-5H3,(H,34,38)/t20-,21+/m0/s1. The highest BCUT2D eigenvalue weighted by molar-refractivity contribution is 5.92. The number of carbonyl (C=O) groups excluding carboxylic acids is 2. The predicted molar refractivity (Wildman–Crippen MR) is 131 cm³/mol. The first-order valence-electron chi connectivity index (χ1n) is 11.9. The molecule has 1 saturated heterocycles. The minimum atomic E-state index is -5.08. The molecular weight excluding hydrogens is 533 g/mol. The van der Waals surface area contributed by atoms with Gasteiger partial charge in [-0.25, -0.2) is 14.0 Å². The zero-order valence-corrected chi connectivity index (χ0v) is 21.9. The number of anilines is 1. The van der Waals surface area contributed by atoms with E-state index < -0.39 is 64.5 Å². The number of nitrogens with zero attached hydrogens (tertiary/aromatic N) is 3. The van der Waals surface area contributed by atoms with E-state index in [0.717, 1.165) is 7.05 Å². The van der Waals surface area contributed by atoms with Crippen LogP contribution in [0.2, 0.25) is 0 Å². The monoisotopic (exact) mass is 562 g/mol. The van der Waals surface area contributed by atoms with Gasteiger partial charge in [-0.15, -0.1) is 0 Å². The molecule has 214 valence electrons. The number of rotatable bonds is 3. The lowest BCUT2D eigenvalue weighted by atomic mass is 9.93. The molecule has 0 aromatic heterocycles. The molecule has 2 atom stereocenters. The largest absolute Gasteiger partial charge is 0.416 e. The molecule has 0 radical (unpaired) electrons. The molecule has 3 rings (SSSR count). The molecule has 0 saturated carbocycles. The first-order valence-corrected chi connectivity index (χ1v) is 11.9. The van der Waals surface area contributed by atoms with Gasteiger partial charge >= 0.3 is 24.4 Å². The highest BCUT2D eigenvalue weighted by atomic mass is 19.4. The fraction of sp³-hybridized carbons (Fsp3) is 0.462. The minimum Gasteiger partial charge on any atom is -0.333 e. The van der Waals surface area contributed by atoms with E-state index in [1.54, 1.807) is 20.8 Å². The number of halogens is 7. The molecule has 13 heteroatoms. The molecule has 0 unspecified atom stereocenters. The molecule has 1 aliphatic heterocycles. The van der Waals surface area contributed by atoms with Gasteiger partial charge in [0.1, 0.15) is 5.82 Å². The predicted octanol–water partition coefficient (Wildman–Crippen LogP) is 6.33. The lowest BCUT2D eigenvalue weighted by molar-refractivity contribution is -0.143. The number of likely N-dealkylation sites (N-methyl/N-ethyl adjacent to an activating group) is 1. The van der Waals surface area contributed by atoms with Crippen molar-refractivity contribution in [2.24, 2.45) is 0 Å². The van der Waals surface area contributed by atoms with Crippen LogP contribution in [0.3, 0.4) is 0 Å². The molecule has 2 aromatic carbocycles. The van der Waals surface area contributed by atoms with E-state index in [2.05, 4.69) is 5.32 Å². The summed E-state index contributed by atoms with van der Waals surface area (Å²) in [4.78, 5) is 29.6. The second kappa shape index (κ2) is 10.6. The third-order valence-electron chi connectivity index (χ3n) is 6.40. The summed E-state index contributed by atoms with van der Waals surface area (Å²) in [5.41, 5.74) is -3.67. The van der Waals surface area contributed by atoms with Crippen LogP contribution in [0.25, 0.3) is 0 Å². The Morgan fingerprint density at radius 2 is 1.38 bits per heavy atom. The molecule has 0 spiro atoms. The van der Waals surface area contributed by atoms with E-state index in [1.165, 1.54) is 41.1 Å². The van der Waals surface area contributed by atoms with Crippen LogP contribution in [-0.2, 0) is 12.4 Å². The summed E-state index contributed by atoms with van der Waals surface area (Å²) in [5.74, 6) is -1.00. The van der Waals surface area contributed by atoms with Crippen molar-refractivity contribution in [3.05, 3.63) is 65.0 Å².